The summed E-state index contributed by atoms with van der Waals surface area (Å²) < 4.78 is 11.2. The van der Waals surface area contributed by atoms with E-state index in [0.29, 0.717) is 23.5 Å². The molecule has 2 N–H and O–H groups in total. The lowest BCUT2D eigenvalue weighted by Gasteiger charge is -2.13. The number of aryl methyl sites for hydroxylation is 1. The van der Waals surface area contributed by atoms with Crippen LogP contribution in [0.25, 0.3) is 11.1 Å². The SMILES string of the molecule is Cc1c(C(=O)NCc2ccco2)oc2c1/C(=N/NC(=O)c1ccc(-c3ccccc3)cc1)CCC2. The van der Waals surface area contributed by atoms with Crippen LogP contribution < -0.4 is 10.7 Å². The number of hydrogen-bond acceptors (Lipinski definition) is 5. The van der Waals surface area contributed by atoms with Gasteiger partial charge in [-0.1, -0.05) is 42.5 Å². The van der Waals surface area contributed by atoms with Crippen molar-refractivity contribution in [2.24, 2.45) is 5.10 Å². The van der Waals surface area contributed by atoms with Gasteiger partial charge >= 0.3 is 0 Å². The lowest BCUT2D eigenvalue weighted by atomic mass is 9.93. The number of hydrogen-bond donors (Lipinski definition) is 2. The first kappa shape index (κ1) is 22.4. The topological polar surface area (TPSA) is 96.8 Å². The summed E-state index contributed by atoms with van der Waals surface area (Å²) in [6, 6.07) is 21.0. The standard InChI is InChI=1S/C28H25N3O4/c1-18-25-23(10-5-11-24(25)35-26(18)28(33)29-17-22-9-6-16-34-22)30-31-27(32)21-14-12-20(13-15-21)19-7-3-2-4-8-19/h2-4,6-9,12-16H,5,10-11,17H2,1H3,(H,29,33)(H,31,32)/b30-23+. The van der Waals surface area contributed by atoms with E-state index in [9.17, 15) is 9.59 Å². The number of amides is 2. The molecule has 2 heterocycles. The summed E-state index contributed by atoms with van der Waals surface area (Å²) in [7, 11) is 0. The number of rotatable bonds is 6. The summed E-state index contributed by atoms with van der Waals surface area (Å²) in [5, 5.41) is 7.23. The molecule has 0 unspecified atom stereocenters. The molecule has 1 aliphatic carbocycles. The van der Waals surface area contributed by atoms with E-state index in [1.807, 2.05) is 49.4 Å². The molecule has 176 valence electrons. The predicted molar refractivity (Wildman–Crippen MR) is 132 cm³/mol. The molecule has 0 atom stereocenters. The van der Waals surface area contributed by atoms with Crippen LogP contribution in [-0.4, -0.2) is 17.5 Å². The Kier molecular flexibility index (Phi) is 6.30. The van der Waals surface area contributed by atoms with Crippen molar-refractivity contribution in [3.05, 3.63) is 107 Å². The molecule has 7 heteroatoms. The third kappa shape index (κ3) is 4.80. The Morgan fingerprint density at radius 2 is 1.69 bits per heavy atom. The van der Waals surface area contributed by atoms with Crippen LogP contribution in [0.5, 0.6) is 0 Å². The van der Waals surface area contributed by atoms with Crippen LogP contribution in [0.15, 0.2) is 86.9 Å². The van der Waals surface area contributed by atoms with E-state index in [1.165, 1.54) is 0 Å². The first-order chi connectivity index (χ1) is 17.1. The quantitative estimate of drug-likeness (QED) is 0.379. The summed E-state index contributed by atoms with van der Waals surface area (Å²) in [6.45, 7) is 2.12. The van der Waals surface area contributed by atoms with Crippen molar-refractivity contribution < 1.29 is 18.4 Å². The maximum Gasteiger partial charge on any atom is 0.287 e. The smallest absolute Gasteiger partial charge is 0.287 e. The average Bonchev–Trinajstić information content (AvgIpc) is 3.55. The molecule has 4 aromatic rings. The maximum atomic E-state index is 12.7. The number of carbonyl (C=O) groups excluding carboxylic acids is 2. The molecule has 0 radical (unpaired) electrons. The molecule has 0 fully saturated rings. The van der Waals surface area contributed by atoms with Gasteiger partial charge in [-0.2, -0.15) is 5.10 Å². The van der Waals surface area contributed by atoms with Crippen LogP contribution in [0.2, 0.25) is 0 Å². The Labute approximate surface area is 202 Å². The molecule has 1 aliphatic rings. The van der Waals surface area contributed by atoms with Gasteiger partial charge in [-0.05, 0) is 55.2 Å². The minimum absolute atomic E-state index is 0.263. The molecule has 0 spiro atoms. The summed E-state index contributed by atoms with van der Waals surface area (Å²) >= 11 is 0. The number of fused-ring (bicyclic) bond motifs is 1. The molecule has 0 saturated heterocycles. The van der Waals surface area contributed by atoms with Crippen LogP contribution >= 0.6 is 0 Å². The van der Waals surface area contributed by atoms with Crippen LogP contribution in [0.3, 0.4) is 0 Å². The molecule has 0 bridgehead atoms. The molecule has 2 amide bonds. The van der Waals surface area contributed by atoms with Crippen LogP contribution in [0, 0.1) is 6.92 Å². The predicted octanol–water partition coefficient (Wildman–Crippen LogP) is 5.25. The zero-order chi connectivity index (χ0) is 24.2. The van der Waals surface area contributed by atoms with Gasteiger partial charge in [-0.15, -0.1) is 0 Å². The summed E-state index contributed by atoms with van der Waals surface area (Å²) in [6.07, 6.45) is 3.80. The summed E-state index contributed by atoms with van der Waals surface area (Å²) in [5.74, 6) is 1.04. The lowest BCUT2D eigenvalue weighted by molar-refractivity contribution is 0.0916. The lowest BCUT2D eigenvalue weighted by Crippen LogP contribution is -2.23. The molecule has 0 saturated carbocycles. The Morgan fingerprint density at radius 1 is 0.914 bits per heavy atom. The first-order valence-corrected chi connectivity index (χ1v) is 11.6. The van der Waals surface area contributed by atoms with E-state index < -0.39 is 0 Å². The molecule has 5 rings (SSSR count). The van der Waals surface area contributed by atoms with Gasteiger partial charge in [0.2, 0.25) is 0 Å². The Balaban J connectivity index is 1.30. The highest BCUT2D eigenvalue weighted by Gasteiger charge is 2.28. The average molecular weight is 468 g/mol. The maximum absolute atomic E-state index is 12.7. The van der Waals surface area contributed by atoms with Gasteiger partial charge in [-0.3, -0.25) is 9.59 Å². The van der Waals surface area contributed by atoms with Crippen molar-refractivity contribution in [2.45, 2.75) is 32.7 Å². The zero-order valence-electron chi connectivity index (χ0n) is 19.3. The van der Waals surface area contributed by atoms with Crippen molar-refractivity contribution >= 4 is 17.5 Å². The van der Waals surface area contributed by atoms with Gasteiger partial charge in [-0.25, -0.2) is 5.43 Å². The normalized spacial score (nSPS) is 13.9. The number of carbonyl (C=O) groups is 2. The number of nitrogens with zero attached hydrogens (tertiary/aromatic N) is 1. The van der Waals surface area contributed by atoms with E-state index in [4.69, 9.17) is 8.83 Å². The number of nitrogens with one attached hydrogen (secondary N) is 2. The van der Waals surface area contributed by atoms with Gasteiger partial charge in [0, 0.05) is 23.1 Å². The van der Waals surface area contributed by atoms with Crippen molar-refractivity contribution in [3.63, 3.8) is 0 Å². The minimum Gasteiger partial charge on any atom is -0.467 e. The molecule has 0 aliphatic heterocycles. The number of hydrazone groups is 1. The van der Waals surface area contributed by atoms with Crippen LogP contribution in [0.1, 0.15) is 56.4 Å². The van der Waals surface area contributed by atoms with E-state index in [2.05, 4.69) is 15.8 Å². The number of benzene rings is 2. The van der Waals surface area contributed by atoms with E-state index in [1.54, 1.807) is 30.5 Å². The summed E-state index contributed by atoms with van der Waals surface area (Å²) in [5.41, 5.74) is 7.56. The molecule has 2 aromatic heterocycles. The molecular formula is C28H25N3O4. The van der Waals surface area contributed by atoms with E-state index in [0.717, 1.165) is 40.9 Å². The molecular weight excluding hydrogens is 442 g/mol. The highest BCUT2D eigenvalue weighted by Crippen LogP contribution is 2.30. The van der Waals surface area contributed by atoms with Gasteiger partial charge in [0.05, 0.1) is 18.5 Å². The van der Waals surface area contributed by atoms with Gasteiger partial charge in [0.1, 0.15) is 11.5 Å². The van der Waals surface area contributed by atoms with Gasteiger partial charge in [0.25, 0.3) is 11.8 Å². The van der Waals surface area contributed by atoms with E-state index >= 15 is 0 Å². The highest BCUT2D eigenvalue weighted by atomic mass is 16.4. The third-order valence-corrected chi connectivity index (χ3v) is 6.08. The molecule has 7 nitrogen and oxygen atoms in total. The Morgan fingerprint density at radius 3 is 2.43 bits per heavy atom. The second kappa shape index (κ2) is 9.85. The van der Waals surface area contributed by atoms with Crippen LogP contribution in [-0.2, 0) is 13.0 Å². The van der Waals surface area contributed by atoms with Crippen molar-refractivity contribution in [1.82, 2.24) is 10.7 Å². The van der Waals surface area contributed by atoms with Crippen LogP contribution in [0.4, 0.5) is 0 Å². The monoisotopic (exact) mass is 467 g/mol. The minimum atomic E-state index is -0.310. The summed E-state index contributed by atoms with van der Waals surface area (Å²) in [4.78, 5) is 25.4. The van der Waals surface area contributed by atoms with Crippen molar-refractivity contribution in [1.29, 1.82) is 0 Å². The van der Waals surface area contributed by atoms with Gasteiger partial charge in [0.15, 0.2) is 5.76 Å². The number of furan rings is 2. The zero-order valence-corrected chi connectivity index (χ0v) is 19.3. The Bertz CT molecular complexity index is 1370. The van der Waals surface area contributed by atoms with Crippen molar-refractivity contribution in [3.8, 4) is 11.1 Å². The largest absolute Gasteiger partial charge is 0.467 e. The first-order valence-electron chi connectivity index (χ1n) is 11.6. The highest BCUT2D eigenvalue weighted by molar-refractivity contribution is 6.07. The third-order valence-electron chi connectivity index (χ3n) is 6.08. The molecule has 2 aromatic carbocycles. The molecule has 35 heavy (non-hydrogen) atoms. The fourth-order valence-corrected chi connectivity index (χ4v) is 4.28. The second-order valence-corrected chi connectivity index (χ2v) is 8.41. The van der Waals surface area contributed by atoms with E-state index in [-0.39, 0.29) is 24.1 Å². The fraction of sp³-hybridized carbons (Fsp3) is 0.179. The fourth-order valence-electron chi connectivity index (χ4n) is 4.28. The Hall–Kier alpha value is -4.39. The van der Waals surface area contributed by atoms with Gasteiger partial charge < -0.3 is 14.2 Å². The van der Waals surface area contributed by atoms with Crippen molar-refractivity contribution in [2.75, 3.05) is 0 Å². The second-order valence-electron chi connectivity index (χ2n) is 8.41.